The summed E-state index contributed by atoms with van der Waals surface area (Å²) in [7, 11) is -9.88. The van der Waals surface area contributed by atoms with E-state index in [0.29, 0.717) is 43.4 Å². The lowest BCUT2D eigenvalue weighted by Gasteiger charge is -2.21. The molecule has 5 atom stereocenters. The van der Waals surface area contributed by atoms with Gasteiger partial charge in [-0.05, 0) is 49.4 Å². The molecule has 0 aromatic rings. The summed E-state index contributed by atoms with van der Waals surface area (Å²) >= 11 is 0. The van der Waals surface area contributed by atoms with Crippen LogP contribution in [0.4, 0.5) is 0 Å². The zero-order chi connectivity index (χ0) is 61.1. The van der Waals surface area contributed by atoms with E-state index < -0.39 is 97.5 Å². The number of unbranched alkanes of at least 4 members (excludes halogenated alkanes) is 26. The number of carbonyl (C=O) groups is 4. The number of aliphatic hydroxyl groups is 1. The average molecular weight is 1210 g/mol. The van der Waals surface area contributed by atoms with Gasteiger partial charge < -0.3 is 33.8 Å². The molecule has 486 valence electrons. The minimum atomic E-state index is -4.94. The van der Waals surface area contributed by atoms with Crippen LogP contribution in [0.3, 0.4) is 0 Å². The summed E-state index contributed by atoms with van der Waals surface area (Å²) < 4.78 is 67.9. The van der Waals surface area contributed by atoms with E-state index in [1.165, 1.54) is 96.3 Å². The summed E-state index contributed by atoms with van der Waals surface area (Å²) in [6.07, 6.45) is 32.5. The van der Waals surface area contributed by atoms with Gasteiger partial charge in [-0.25, -0.2) is 9.13 Å². The van der Waals surface area contributed by atoms with Crippen LogP contribution in [0.15, 0.2) is 0 Å². The van der Waals surface area contributed by atoms with E-state index in [9.17, 15) is 43.2 Å². The van der Waals surface area contributed by atoms with Crippen molar-refractivity contribution in [2.24, 2.45) is 23.7 Å². The first kappa shape index (κ1) is 80.1. The van der Waals surface area contributed by atoms with Gasteiger partial charge in [0.15, 0.2) is 12.2 Å². The molecular weight excluding hydrogens is 1090 g/mol. The second kappa shape index (κ2) is 53.3. The molecular formula is C63H122O17P2. The topological polar surface area (TPSA) is 237 Å². The molecule has 0 spiro atoms. The van der Waals surface area contributed by atoms with E-state index in [-0.39, 0.29) is 25.7 Å². The van der Waals surface area contributed by atoms with E-state index >= 15 is 0 Å². The van der Waals surface area contributed by atoms with E-state index in [1.807, 2.05) is 0 Å². The largest absolute Gasteiger partial charge is 0.472 e. The minimum absolute atomic E-state index is 0.100. The lowest BCUT2D eigenvalue weighted by molar-refractivity contribution is -0.161. The van der Waals surface area contributed by atoms with Crippen molar-refractivity contribution in [2.75, 3.05) is 39.6 Å². The van der Waals surface area contributed by atoms with E-state index in [0.717, 1.165) is 102 Å². The number of hydrogen-bond donors (Lipinski definition) is 3. The van der Waals surface area contributed by atoms with Crippen molar-refractivity contribution in [3.8, 4) is 0 Å². The van der Waals surface area contributed by atoms with Gasteiger partial charge in [-0.2, -0.15) is 0 Å². The number of phosphoric acid groups is 2. The Labute approximate surface area is 498 Å². The Bertz CT molecular complexity index is 1640. The predicted molar refractivity (Wildman–Crippen MR) is 326 cm³/mol. The Morgan fingerprint density at radius 3 is 0.756 bits per heavy atom. The molecule has 3 N–H and O–H groups in total. The average Bonchev–Trinajstić information content (AvgIpc) is 3.41. The number of aliphatic hydroxyl groups excluding tert-OH is 1. The fourth-order valence-electron chi connectivity index (χ4n) is 9.25. The minimum Gasteiger partial charge on any atom is -0.462 e. The molecule has 0 aliphatic heterocycles. The Kier molecular flexibility index (Phi) is 52.0. The number of hydrogen-bond acceptors (Lipinski definition) is 15. The highest BCUT2D eigenvalue weighted by molar-refractivity contribution is 7.47. The molecule has 19 heteroatoms. The molecule has 0 saturated carbocycles. The van der Waals surface area contributed by atoms with Gasteiger partial charge in [0.05, 0.1) is 26.4 Å². The summed E-state index contributed by atoms with van der Waals surface area (Å²) in [5.41, 5.74) is 0. The summed E-state index contributed by atoms with van der Waals surface area (Å²) in [4.78, 5) is 72.1. The van der Waals surface area contributed by atoms with Crippen molar-refractivity contribution in [1.29, 1.82) is 0 Å². The normalized spacial score (nSPS) is 14.5. The molecule has 0 saturated heterocycles. The highest BCUT2D eigenvalue weighted by Gasteiger charge is 2.30. The van der Waals surface area contributed by atoms with Crippen LogP contribution >= 0.6 is 15.6 Å². The fourth-order valence-corrected chi connectivity index (χ4v) is 10.8. The molecule has 0 fully saturated rings. The summed E-state index contributed by atoms with van der Waals surface area (Å²) in [6, 6.07) is 0. The van der Waals surface area contributed by atoms with Gasteiger partial charge in [0.25, 0.3) is 0 Å². The standard InChI is InChI=1S/C63H122O17P2/c1-53(2)39-31-23-15-12-10-9-11-13-17-27-35-43-60(65)73-49-58(79-62(67)45-37-29-21-19-25-33-41-55(5)6)51-77-81(69,70)75-47-57(64)48-76-82(71,72)78-52-59(80-63(68)46-38-30-22-20-26-34-42-56(7)8)50-74-61(66)44-36-28-18-14-16-24-32-40-54(3)4/h53-59,64H,9-52H2,1-8H3,(H,69,70)(H,71,72)/t57?,58-,59-/m1/s1. The monoisotopic (exact) mass is 1210 g/mol. The Balaban J connectivity index is 5.21. The van der Waals surface area contributed by atoms with Crippen molar-refractivity contribution < 1.29 is 80.2 Å². The molecule has 0 aromatic carbocycles. The molecule has 0 heterocycles. The van der Waals surface area contributed by atoms with Gasteiger partial charge >= 0.3 is 39.5 Å². The number of rotatable bonds is 60. The maximum atomic E-state index is 12.9. The molecule has 0 aliphatic rings. The quantitative estimate of drug-likeness (QED) is 0.0222. The van der Waals surface area contributed by atoms with E-state index in [2.05, 4.69) is 55.4 Å². The lowest BCUT2D eigenvalue weighted by atomic mass is 10.0. The van der Waals surface area contributed by atoms with Crippen molar-refractivity contribution in [1.82, 2.24) is 0 Å². The zero-order valence-corrected chi connectivity index (χ0v) is 54.9. The molecule has 17 nitrogen and oxygen atoms in total. The second-order valence-corrected chi connectivity index (χ2v) is 27.6. The van der Waals surface area contributed by atoms with Crippen molar-refractivity contribution in [2.45, 2.75) is 318 Å². The Morgan fingerprint density at radius 1 is 0.305 bits per heavy atom. The highest BCUT2D eigenvalue weighted by atomic mass is 31.2. The summed E-state index contributed by atoms with van der Waals surface area (Å²) in [5, 5.41) is 10.5. The highest BCUT2D eigenvalue weighted by Crippen LogP contribution is 2.45. The molecule has 3 unspecified atom stereocenters. The van der Waals surface area contributed by atoms with Gasteiger partial charge in [-0.1, -0.05) is 248 Å². The molecule has 0 bridgehead atoms. The maximum absolute atomic E-state index is 12.9. The van der Waals surface area contributed by atoms with Gasteiger partial charge in [0, 0.05) is 25.7 Å². The fraction of sp³-hybridized carbons (Fsp3) is 0.937. The van der Waals surface area contributed by atoms with Crippen molar-refractivity contribution >= 4 is 39.5 Å². The third-order valence-electron chi connectivity index (χ3n) is 14.3. The van der Waals surface area contributed by atoms with Crippen LogP contribution < -0.4 is 0 Å². The number of carbonyl (C=O) groups excluding carboxylic acids is 4. The number of esters is 4. The Hall–Kier alpha value is -1.94. The van der Waals surface area contributed by atoms with Gasteiger partial charge in [0.1, 0.15) is 19.3 Å². The molecule has 0 rings (SSSR count). The number of phosphoric ester groups is 2. The first-order valence-electron chi connectivity index (χ1n) is 32.7. The van der Waals surface area contributed by atoms with Gasteiger partial charge in [-0.3, -0.25) is 37.3 Å². The van der Waals surface area contributed by atoms with Gasteiger partial charge in [-0.15, -0.1) is 0 Å². The summed E-state index contributed by atoms with van der Waals surface area (Å²) in [5.74, 6) is 0.667. The molecule has 0 amide bonds. The molecule has 82 heavy (non-hydrogen) atoms. The van der Waals surface area contributed by atoms with Crippen LogP contribution in [0, 0.1) is 23.7 Å². The first-order chi connectivity index (χ1) is 39.1. The number of ether oxygens (including phenoxy) is 4. The third kappa shape index (κ3) is 57.2. The summed E-state index contributed by atoms with van der Waals surface area (Å²) in [6.45, 7) is 13.8. The van der Waals surface area contributed by atoms with Crippen molar-refractivity contribution in [3.05, 3.63) is 0 Å². The smallest absolute Gasteiger partial charge is 0.462 e. The maximum Gasteiger partial charge on any atom is 0.472 e. The van der Waals surface area contributed by atoms with Crippen LogP contribution in [-0.2, 0) is 65.4 Å². The Morgan fingerprint density at radius 2 is 0.512 bits per heavy atom. The van der Waals surface area contributed by atoms with Crippen molar-refractivity contribution in [3.63, 3.8) is 0 Å². The SMILES string of the molecule is CC(C)CCCCCCCCCCCCCC(=O)OC[C@H](COP(=O)(O)OCC(O)COP(=O)(O)OC[C@@H](COC(=O)CCCCCCCCCC(C)C)OC(=O)CCCCCCCCC(C)C)OC(=O)CCCCCCCCC(C)C. The van der Waals surface area contributed by atoms with Crippen LogP contribution in [0.25, 0.3) is 0 Å². The van der Waals surface area contributed by atoms with E-state index in [1.54, 1.807) is 0 Å². The predicted octanol–water partition coefficient (Wildman–Crippen LogP) is 17.0. The molecule has 0 aromatic heterocycles. The van der Waals surface area contributed by atoms with Crippen LogP contribution in [0.1, 0.15) is 299 Å². The first-order valence-corrected chi connectivity index (χ1v) is 35.7. The van der Waals surface area contributed by atoms with Crippen LogP contribution in [0.5, 0.6) is 0 Å². The third-order valence-corrected chi connectivity index (χ3v) is 16.2. The van der Waals surface area contributed by atoms with Crippen LogP contribution in [-0.4, -0.2) is 96.7 Å². The van der Waals surface area contributed by atoms with E-state index in [4.69, 9.17) is 37.0 Å². The molecule has 0 aliphatic carbocycles. The second-order valence-electron chi connectivity index (χ2n) is 24.7. The van der Waals surface area contributed by atoms with Crippen LogP contribution in [0.2, 0.25) is 0 Å². The van der Waals surface area contributed by atoms with Gasteiger partial charge in [0.2, 0.25) is 0 Å². The zero-order valence-electron chi connectivity index (χ0n) is 53.1. The molecule has 0 radical (unpaired) electrons. The lowest BCUT2D eigenvalue weighted by Crippen LogP contribution is -2.30.